The van der Waals surface area contributed by atoms with Crippen molar-refractivity contribution in [2.45, 2.75) is 78.4 Å². The van der Waals surface area contributed by atoms with Crippen LogP contribution >= 0.6 is 0 Å². The Balaban J connectivity index is 1.68. The van der Waals surface area contributed by atoms with Crippen LogP contribution in [0.1, 0.15) is 75.6 Å². The third-order valence-corrected chi connectivity index (χ3v) is 7.06. The van der Waals surface area contributed by atoms with Crippen LogP contribution < -0.4 is 0 Å². The van der Waals surface area contributed by atoms with Gasteiger partial charge in [-0.1, -0.05) is 12.1 Å². The zero-order valence-corrected chi connectivity index (χ0v) is 21.1. The van der Waals surface area contributed by atoms with Gasteiger partial charge >= 0.3 is 12.1 Å². The molecule has 2 heterocycles. The first-order valence-corrected chi connectivity index (χ1v) is 11.8. The maximum absolute atomic E-state index is 12.3. The molecule has 0 bridgehead atoms. The first-order chi connectivity index (χ1) is 14.8. The highest BCUT2D eigenvalue weighted by Gasteiger charge is 2.38. The molecule has 6 heteroatoms. The Morgan fingerprint density at radius 3 is 1.97 bits per heavy atom. The molecule has 0 atom stereocenters. The number of benzene rings is 1. The van der Waals surface area contributed by atoms with Crippen LogP contribution in [0.5, 0.6) is 0 Å². The zero-order chi connectivity index (χ0) is 23.8. The van der Waals surface area contributed by atoms with Crippen LogP contribution in [-0.4, -0.2) is 60.8 Å². The molecule has 0 N–H and O–H groups in total. The van der Waals surface area contributed by atoms with Crippen LogP contribution in [0, 0.1) is 19.8 Å². The number of carbonyl (C=O) groups is 2. The van der Waals surface area contributed by atoms with E-state index in [2.05, 4.69) is 44.7 Å². The predicted octanol–water partition coefficient (Wildman–Crippen LogP) is 4.76. The maximum atomic E-state index is 12.3. The zero-order valence-electron chi connectivity index (χ0n) is 21.1. The lowest BCUT2D eigenvalue weighted by Crippen LogP contribution is -2.50. The third-order valence-electron chi connectivity index (χ3n) is 7.06. The Morgan fingerprint density at radius 1 is 0.969 bits per heavy atom. The lowest BCUT2D eigenvalue weighted by atomic mass is 9.80. The molecule has 2 aliphatic rings. The van der Waals surface area contributed by atoms with Gasteiger partial charge in [0, 0.05) is 24.5 Å². The van der Waals surface area contributed by atoms with Crippen molar-refractivity contribution in [3.8, 4) is 0 Å². The SMILES string of the molecule is COC(=O)C1CCN(C(C)(C)c2cc(C)c(C3CN(C(=O)OC(C)(C)C)C3)c(C)c2)CC1. The van der Waals surface area contributed by atoms with Crippen LogP contribution in [0.3, 0.4) is 0 Å². The summed E-state index contributed by atoms with van der Waals surface area (Å²) >= 11 is 0. The van der Waals surface area contributed by atoms with Crippen molar-refractivity contribution >= 4 is 12.1 Å². The summed E-state index contributed by atoms with van der Waals surface area (Å²) in [6.07, 6.45) is 1.46. The summed E-state index contributed by atoms with van der Waals surface area (Å²) in [6, 6.07) is 4.62. The molecule has 1 amide bonds. The number of carbonyl (C=O) groups excluding carboxylic acids is 2. The van der Waals surface area contributed by atoms with E-state index in [1.165, 1.54) is 29.4 Å². The fourth-order valence-corrected chi connectivity index (χ4v) is 5.13. The summed E-state index contributed by atoms with van der Waals surface area (Å²) in [6.45, 7) is 17.8. The molecule has 178 valence electrons. The van der Waals surface area contributed by atoms with E-state index < -0.39 is 5.60 Å². The van der Waals surface area contributed by atoms with E-state index in [9.17, 15) is 9.59 Å². The topological polar surface area (TPSA) is 59.1 Å². The molecular weight excluding hydrogens is 404 g/mol. The number of aryl methyl sites for hydroxylation is 2. The highest BCUT2D eigenvalue weighted by molar-refractivity contribution is 5.72. The van der Waals surface area contributed by atoms with E-state index in [0.29, 0.717) is 19.0 Å². The molecule has 0 aromatic heterocycles. The Morgan fingerprint density at radius 2 is 1.50 bits per heavy atom. The quantitative estimate of drug-likeness (QED) is 0.627. The largest absolute Gasteiger partial charge is 0.469 e. The van der Waals surface area contributed by atoms with Gasteiger partial charge in [-0.2, -0.15) is 0 Å². The molecule has 0 saturated carbocycles. The molecule has 2 fully saturated rings. The van der Waals surface area contributed by atoms with E-state index >= 15 is 0 Å². The van der Waals surface area contributed by atoms with Crippen LogP contribution in [0.4, 0.5) is 4.79 Å². The minimum Gasteiger partial charge on any atom is -0.469 e. The van der Waals surface area contributed by atoms with E-state index in [-0.39, 0.29) is 23.5 Å². The highest BCUT2D eigenvalue weighted by Crippen LogP contribution is 2.38. The minimum atomic E-state index is -0.466. The molecule has 0 aliphatic carbocycles. The molecule has 0 unspecified atom stereocenters. The molecule has 32 heavy (non-hydrogen) atoms. The van der Waals surface area contributed by atoms with Gasteiger partial charge in [-0.25, -0.2) is 4.79 Å². The van der Waals surface area contributed by atoms with Crippen molar-refractivity contribution in [3.63, 3.8) is 0 Å². The number of ether oxygens (including phenoxy) is 2. The van der Waals surface area contributed by atoms with Gasteiger partial charge in [0.25, 0.3) is 0 Å². The highest BCUT2D eigenvalue weighted by atomic mass is 16.6. The molecule has 1 aromatic carbocycles. The Labute approximate surface area is 193 Å². The van der Waals surface area contributed by atoms with Gasteiger partial charge in [-0.3, -0.25) is 9.69 Å². The summed E-state index contributed by atoms with van der Waals surface area (Å²) in [5.41, 5.74) is 4.65. The fraction of sp³-hybridized carbons (Fsp3) is 0.692. The van der Waals surface area contributed by atoms with Crippen LogP contribution in [0.25, 0.3) is 0 Å². The average Bonchev–Trinajstić information content (AvgIpc) is 2.66. The second kappa shape index (κ2) is 9.05. The van der Waals surface area contributed by atoms with Gasteiger partial charge in [0.15, 0.2) is 0 Å². The molecule has 3 rings (SSSR count). The lowest BCUT2D eigenvalue weighted by Gasteiger charge is -2.44. The third kappa shape index (κ3) is 5.11. The Kier molecular flexibility index (Phi) is 6.94. The number of hydrogen-bond acceptors (Lipinski definition) is 5. The molecule has 2 aliphatic heterocycles. The van der Waals surface area contributed by atoms with Gasteiger partial charge in [-0.05, 0) is 96.7 Å². The standard InChI is InChI=1S/C26H40N2O4/c1-17-13-21(26(6,7)28-11-9-19(10-12-28)23(29)31-8)14-18(2)22(17)20-15-27(16-20)24(30)32-25(3,4)5/h13-14,19-20H,9-12,15-16H2,1-8H3. The van der Waals surface area contributed by atoms with Crippen molar-refractivity contribution in [3.05, 3.63) is 34.4 Å². The average molecular weight is 445 g/mol. The lowest BCUT2D eigenvalue weighted by molar-refractivity contribution is -0.147. The van der Waals surface area contributed by atoms with E-state index in [1.807, 2.05) is 20.8 Å². The second-order valence-electron chi connectivity index (χ2n) is 10.9. The summed E-state index contributed by atoms with van der Waals surface area (Å²) < 4.78 is 10.4. The number of likely N-dealkylation sites (tertiary alicyclic amines) is 2. The molecule has 6 nitrogen and oxygen atoms in total. The first kappa shape index (κ1) is 24.6. The van der Waals surface area contributed by atoms with Gasteiger partial charge in [-0.15, -0.1) is 0 Å². The van der Waals surface area contributed by atoms with Gasteiger partial charge in [0.2, 0.25) is 0 Å². The van der Waals surface area contributed by atoms with E-state index in [1.54, 1.807) is 4.90 Å². The van der Waals surface area contributed by atoms with Gasteiger partial charge < -0.3 is 14.4 Å². The molecule has 0 radical (unpaired) electrons. The van der Waals surface area contributed by atoms with Crippen molar-refractivity contribution in [2.24, 2.45) is 5.92 Å². The van der Waals surface area contributed by atoms with E-state index in [0.717, 1.165) is 25.9 Å². The second-order valence-corrected chi connectivity index (χ2v) is 10.9. The van der Waals surface area contributed by atoms with Crippen LogP contribution in [0.2, 0.25) is 0 Å². The molecule has 1 aromatic rings. The van der Waals surface area contributed by atoms with Gasteiger partial charge in [0.1, 0.15) is 5.60 Å². The number of rotatable bonds is 4. The monoisotopic (exact) mass is 444 g/mol. The van der Waals surface area contributed by atoms with Gasteiger partial charge in [0.05, 0.1) is 13.0 Å². The number of nitrogens with zero attached hydrogens (tertiary/aromatic N) is 2. The van der Waals surface area contributed by atoms with E-state index in [4.69, 9.17) is 9.47 Å². The number of methoxy groups -OCH3 is 1. The number of piperidine rings is 1. The summed E-state index contributed by atoms with van der Waals surface area (Å²) in [4.78, 5) is 28.4. The number of amides is 1. The molecule has 0 spiro atoms. The van der Waals surface area contributed by atoms with Crippen molar-refractivity contribution in [1.82, 2.24) is 9.80 Å². The predicted molar refractivity (Wildman–Crippen MR) is 126 cm³/mol. The number of hydrogen-bond donors (Lipinski definition) is 0. The first-order valence-electron chi connectivity index (χ1n) is 11.8. The number of esters is 1. The van der Waals surface area contributed by atoms with Crippen LogP contribution in [-0.2, 0) is 19.8 Å². The molecule has 2 saturated heterocycles. The fourth-order valence-electron chi connectivity index (χ4n) is 5.13. The maximum Gasteiger partial charge on any atom is 0.410 e. The summed E-state index contributed by atoms with van der Waals surface area (Å²) in [5, 5.41) is 0. The van der Waals surface area contributed by atoms with Crippen molar-refractivity contribution in [1.29, 1.82) is 0 Å². The molecular formula is C26H40N2O4. The minimum absolute atomic E-state index is 0.0180. The van der Waals surface area contributed by atoms with Crippen molar-refractivity contribution < 1.29 is 19.1 Å². The normalized spacial score (nSPS) is 18.9. The summed E-state index contributed by atoms with van der Waals surface area (Å²) in [7, 11) is 1.47. The Bertz CT molecular complexity index is 834. The summed E-state index contributed by atoms with van der Waals surface area (Å²) in [5.74, 6) is 0.291. The Hall–Kier alpha value is -2.08. The van der Waals surface area contributed by atoms with Crippen molar-refractivity contribution in [2.75, 3.05) is 33.3 Å². The van der Waals surface area contributed by atoms with Crippen LogP contribution in [0.15, 0.2) is 12.1 Å². The smallest absolute Gasteiger partial charge is 0.410 e.